The van der Waals surface area contributed by atoms with Gasteiger partial charge in [-0.2, -0.15) is 0 Å². The van der Waals surface area contributed by atoms with Crippen LogP contribution in [0, 0.1) is 0 Å². The molecule has 0 bridgehead atoms. The molecule has 3 rings (SSSR count). The Morgan fingerprint density at radius 2 is 1.79 bits per heavy atom. The van der Waals surface area contributed by atoms with Crippen LogP contribution in [0.15, 0.2) is 53.1 Å². The van der Waals surface area contributed by atoms with Gasteiger partial charge in [-0.15, -0.1) is 0 Å². The molecule has 19 heavy (non-hydrogen) atoms. The van der Waals surface area contributed by atoms with Gasteiger partial charge in [0.2, 0.25) is 0 Å². The van der Waals surface area contributed by atoms with E-state index >= 15 is 0 Å². The molecule has 0 aliphatic heterocycles. The summed E-state index contributed by atoms with van der Waals surface area (Å²) in [5.41, 5.74) is 8.95. The number of benzene rings is 1. The van der Waals surface area contributed by atoms with E-state index in [0.717, 1.165) is 6.42 Å². The molecule has 2 aliphatic rings. The predicted octanol–water partition coefficient (Wildman–Crippen LogP) is -1.65. The van der Waals surface area contributed by atoms with Crippen molar-refractivity contribution >= 4 is 5.57 Å². The first kappa shape index (κ1) is 17.0. The zero-order valence-electron chi connectivity index (χ0n) is 11.0. The number of fused-ring (bicyclic) bond motifs is 1. The molecular formula is C16H15Cl2Zr. The maximum atomic E-state index is 2.47. The normalized spacial score (nSPS) is 20.3. The van der Waals surface area contributed by atoms with Crippen LogP contribution < -0.4 is 24.8 Å². The van der Waals surface area contributed by atoms with Crippen molar-refractivity contribution in [3.8, 4) is 0 Å². The Balaban J connectivity index is 0.000000902. The van der Waals surface area contributed by atoms with Gasteiger partial charge in [0.1, 0.15) is 0 Å². The molecule has 1 unspecified atom stereocenters. The van der Waals surface area contributed by atoms with E-state index in [0.29, 0.717) is 3.63 Å². The third kappa shape index (κ3) is 2.84. The second-order valence-corrected chi connectivity index (χ2v) is 6.37. The topological polar surface area (TPSA) is 0 Å². The minimum atomic E-state index is 0. The molecule has 0 spiro atoms. The Morgan fingerprint density at radius 1 is 1.11 bits per heavy atom. The van der Waals surface area contributed by atoms with E-state index < -0.39 is 0 Å². The van der Waals surface area contributed by atoms with Crippen LogP contribution in [0.1, 0.15) is 35.0 Å². The third-order valence-corrected chi connectivity index (χ3v) is 5.08. The fraction of sp³-hybridized carbons (Fsp3) is 0.250. The molecular weight excluding hydrogens is 354 g/mol. The number of halogens is 2. The summed E-state index contributed by atoms with van der Waals surface area (Å²) in [7, 11) is 0. The summed E-state index contributed by atoms with van der Waals surface area (Å²) in [4.78, 5) is 0. The van der Waals surface area contributed by atoms with Gasteiger partial charge >= 0.3 is 118 Å². The summed E-state index contributed by atoms with van der Waals surface area (Å²) in [5, 5.41) is 0. The van der Waals surface area contributed by atoms with Crippen molar-refractivity contribution in [3.05, 3.63) is 64.3 Å². The quantitative estimate of drug-likeness (QED) is 0.556. The second kappa shape index (κ2) is 6.57. The first-order valence-corrected chi connectivity index (χ1v) is 7.50. The number of rotatable bonds is 1. The van der Waals surface area contributed by atoms with E-state index in [4.69, 9.17) is 0 Å². The van der Waals surface area contributed by atoms with Crippen LogP contribution in [0.5, 0.6) is 0 Å². The molecule has 0 saturated heterocycles. The smallest absolute Gasteiger partial charge is 1.00 e. The van der Waals surface area contributed by atoms with Crippen molar-refractivity contribution in [2.45, 2.75) is 23.9 Å². The van der Waals surface area contributed by atoms with Crippen LogP contribution >= 0.6 is 0 Å². The van der Waals surface area contributed by atoms with Gasteiger partial charge in [0.15, 0.2) is 0 Å². The third-order valence-electron chi connectivity index (χ3n) is 3.90. The molecule has 97 valence electrons. The maximum absolute atomic E-state index is 2.47. The van der Waals surface area contributed by atoms with Gasteiger partial charge in [0.05, 0.1) is 0 Å². The molecule has 2 aliphatic carbocycles. The summed E-state index contributed by atoms with van der Waals surface area (Å²) in [6, 6.07) is 8.88. The zero-order chi connectivity index (χ0) is 12.0. The molecule has 0 radical (unpaired) electrons. The molecule has 1 aromatic rings. The molecule has 1 aromatic carbocycles. The van der Waals surface area contributed by atoms with Gasteiger partial charge in [-0.05, 0) is 0 Å². The first-order valence-electron chi connectivity index (χ1n) is 6.08. The van der Waals surface area contributed by atoms with Crippen LogP contribution in [0.2, 0.25) is 0 Å². The number of allylic oxidation sites excluding steroid dienone is 6. The SMILES string of the molecule is CC1=CCC(C2=C[CH]([Zr+2])c3ccccc32)=C1C.[Cl-].[Cl-]. The van der Waals surface area contributed by atoms with Gasteiger partial charge in [-0.25, -0.2) is 0 Å². The van der Waals surface area contributed by atoms with Gasteiger partial charge in [-0.3, -0.25) is 0 Å². The van der Waals surface area contributed by atoms with Crippen LogP contribution in [0.4, 0.5) is 0 Å². The van der Waals surface area contributed by atoms with E-state index in [9.17, 15) is 0 Å². The Bertz CT molecular complexity index is 582. The van der Waals surface area contributed by atoms with Gasteiger partial charge in [0.25, 0.3) is 0 Å². The molecule has 0 saturated carbocycles. The summed E-state index contributed by atoms with van der Waals surface area (Å²) in [6.45, 7) is 4.48. The van der Waals surface area contributed by atoms with Crippen LogP contribution in [-0.2, 0) is 24.7 Å². The molecule has 0 aromatic heterocycles. The van der Waals surface area contributed by atoms with Gasteiger partial charge in [0, 0.05) is 0 Å². The fourth-order valence-electron chi connectivity index (χ4n) is 2.73. The molecule has 0 nitrogen and oxygen atoms in total. The van der Waals surface area contributed by atoms with Crippen LogP contribution in [0.3, 0.4) is 0 Å². The monoisotopic (exact) mass is 367 g/mol. The number of hydrogen-bond acceptors (Lipinski definition) is 0. The maximum Gasteiger partial charge on any atom is -1.00 e. The van der Waals surface area contributed by atoms with Crippen molar-refractivity contribution in [3.63, 3.8) is 0 Å². The van der Waals surface area contributed by atoms with Gasteiger partial charge in [-0.1, -0.05) is 0 Å². The van der Waals surface area contributed by atoms with E-state index in [2.05, 4.69) is 50.3 Å². The van der Waals surface area contributed by atoms with Crippen LogP contribution in [-0.4, -0.2) is 0 Å². The van der Waals surface area contributed by atoms with E-state index in [1.807, 2.05) is 0 Å². The largest absolute Gasteiger partial charge is 1.00 e. The van der Waals surface area contributed by atoms with Crippen molar-refractivity contribution in [2.24, 2.45) is 0 Å². The summed E-state index contributed by atoms with van der Waals surface area (Å²) in [6.07, 6.45) is 5.93. The molecule has 3 heteroatoms. The number of hydrogen-bond donors (Lipinski definition) is 0. The Kier molecular flexibility index (Phi) is 5.86. The Hall–Kier alpha value is -0.0969. The summed E-state index contributed by atoms with van der Waals surface area (Å²) < 4.78 is 0.648. The minimum absolute atomic E-state index is 0. The summed E-state index contributed by atoms with van der Waals surface area (Å²) in [5.74, 6) is 0. The van der Waals surface area contributed by atoms with Crippen molar-refractivity contribution in [1.29, 1.82) is 0 Å². The predicted molar refractivity (Wildman–Crippen MR) is 68.2 cm³/mol. The average Bonchev–Trinajstić information content (AvgIpc) is 2.83. The average molecular weight is 369 g/mol. The van der Waals surface area contributed by atoms with Crippen molar-refractivity contribution in [1.82, 2.24) is 0 Å². The van der Waals surface area contributed by atoms with Crippen LogP contribution in [0.25, 0.3) is 5.57 Å². The summed E-state index contributed by atoms with van der Waals surface area (Å²) >= 11 is 1.59. The standard InChI is InChI=1S/C16H15.2ClH.Zr/c1-11-7-9-14(12(11)2)16-10-8-13-5-3-4-6-15(13)16;;;/h3-8,10H,9H2,1-2H3;2*1H;/q;;;+2/p-2. The zero-order valence-corrected chi connectivity index (χ0v) is 15.0. The minimum Gasteiger partial charge on any atom is -1.00 e. The molecule has 0 N–H and O–H groups in total. The fourth-order valence-corrected chi connectivity index (χ4v) is 3.76. The molecule has 1 atom stereocenters. The molecule has 0 amide bonds. The van der Waals surface area contributed by atoms with E-state index in [1.54, 1.807) is 30.3 Å². The van der Waals surface area contributed by atoms with E-state index in [1.165, 1.54) is 27.8 Å². The molecule has 0 heterocycles. The Morgan fingerprint density at radius 3 is 2.42 bits per heavy atom. The Labute approximate surface area is 142 Å². The van der Waals surface area contributed by atoms with E-state index in [-0.39, 0.29) is 24.8 Å². The van der Waals surface area contributed by atoms with Gasteiger partial charge < -0.3 is 24.8 Å². The molecule has 0 fully saturated rings. The van der Waals surface area contributed by atoms with Crippen molar-refractivity contribution in [2.75, 3.05) is 0 Å². The first-order chi connectivity index (χ1) is 8.18. The second-order valence-electron chi connectivity index (χ2n) is 4.84. The van der Waals surface area contributed by atoms with Crippen molar-refractivity contribution < 1.29 is 49.5 Å².